The predicted octanol–water partition coefficient (Wildman–Crippen LogP) is 5.26. The molecule has 1 aromatic heterocycles. The number of halogens is 3. The van der Waals surface area contributed by atoms with Gasteiger partial charge in [0, 0.05) is 28.2 Å². The molecule has 1 atom stereocenters. The van der Waals surface area contributed by atoms with Gasteiger partial charge in [0.2, 0.25) is 11.8 Å². The Morgan fingerprint density at radius 2 is 1.36 bits per heavy atom. The second-order valence-corrected chi connectivity index (χ2v) is 10.4. The average Bonchev–Trinajstić information content (AvgIpc) is 3.06. The van der Waals surface area contributed by atoms with Crippen LogP contribution in [0.3, 0.4) is 0 Å². The zero-order valence-corrected chi connectivity index (χ0v) is 23.6. The number of nitrogens with zero attached hydrogens (tertiary/aromatic N) is 4. The standard InChI is InChI=1S/C24H25Br3N4O2/c1-29(2)19(32)15-18(31-22(27)20(25)21(26)28-31)24(23(33)30(3)4,16-11-7-5-8-12-16)17-13-9-6-10-14-17/h5-14,18H,15H2,1-4H3. The lowest BCUT2D eigenvalue weighted by Crippen LogP contribution is -2.52. The van der Waals surface area contributed by atoms with Crippen molar-refractivity contribution in [2.75, 3.05) is 28.2 Å². The third-order valence-electron chi connectivity index (χ3n) is 5.62. The number of aromatic nitrogens is 2. The van der Waals surface area contributed by atoms with Crippen LogP contribution in [0.4, 0.5) is 0 Å². The summed E-state index contributed by atoms with van der Waals surface area (Å²) >= 11 is 10.6. The van der Waals surface area contributed by atoms with E-state index < -0.39 is 11.5 Å². The lowest BCUT2D eigenvalue weighted by Gasteiger charge is -2.42. The Morgan fingerprint density at radius 1 is 0.879 bits per heavy atom. The Kier molecular flexibility index (Phi) is 8.18. The molecule has 0 bridgehead atoms. The van der Waals surface area contributed by atoms with E-state index in [-0.39, 0.29) is 18.2 Å². The predicted molar refractivity (Wildman–Crippen MR) is 140 cm³/mol. The Morgan fingerprint density at radius 3 is 1.73 bits per heavy atom. The van der Waals surface area contributed by atoms with Crippen molar-refractivity contribution < 1.29 is 9.59 Å². The van der Waals surface area contributed by atoms with Gasteiger partial charge in [0.05, 0.1) is 16.9 Å². The van der Waals surface area contributed by atoms with Crippen molar-refractivity contribution in [1.29, 1.82) is 0 Å². The van der Waals surface area contributed by atoms with Gasteiger partial charge in [-0.2, -0.15) is 5.10 Å². The first-order valence-corrected chi connectivity index (χ1v) is 12.6. The number of carbonyl (C=O) groups is 2. The van der Waals surface area contributed by atoms with Crippen LogP contribution >= 0.6 is 47.8 Å². The Labute approximate surface area is 219 Å². The van der Waals surface area contributed by atoms with Gasteiger partial charge in [-0.1, -0.05) is 60.7 Å². The molecule has 1 unspecified atom stereocenters. The fourth-order valence-electron chi connectivity index (χ4n) is 4.04. The Bertz CT molecular complexity index is 1090. The molecule has 0 radical (unpaired) electrons. The number of rotatable bonds is 7. The molecule has 0 aliphatic carbocycles. The van der Waals surface area contributed by atoms with E-state index >= 15 is 0 Å². The van der Waals surface area contributed by atoms with Crippen LogP contribution in [0.25, 0.3) is 0 Å². The molecule has 174 valence electrons. The zero-order chi connectivity index (χ0) is 24.3. The SMILES string of the molecule is CN(C)C(=O)CC(n1nc(Br)c(Br)c1Br)C(C(=O)N(C)C)(c1ccccc1)c1ccccc1. The third-order valence-corrected chi connectivity index (χ3v) is 8.75. The van der Waals surface area contributed by atoms with E-state index in [2.05, 4.69) is 52.9 Å². The lowest BCUT2D eigenvalue weighted by molar-refractivity contribution is -0.137. The van der Waals surface area contributed by atoms with Crippen molar-refractivity contribution in [3.8, 4) is 0 Å². The fourth-order valence-corrected chi connectivity index (χ4v) is 5.44. The van der Waals surface area contributed by atoms with Gasteiger partial charge in [-0.15, -0.1) is 0 Å². The zero-order valence-electron chi connectivity index (χ0n) is 18.8. The summed E-state index contributed by atoms with van der Waals surface area (Å²) in [5.41, 5.74) is 0.327. The summed E-state index contributed by atoms with van der Waals surface area (Å²) in [6.45, 7) is 0. The first-order valence-electron chi connectivity index (χ1n) is 10.2. The topological polar surface area (TPSA) is 58.4 Å². The number of likely N-dealkylation sites (N-methyl/N-ethyl adjacent to an activating group) is 1. The van der Waals surface area contributed by atoms with Crippen LogP contribution in [0.5, 0.6) is 0 Å². The van der Waals surface area contributed by atoms with Crippen molar-refractivity contribution in [2.45, 2.75) is 17.9 Å². The van der Waals surface area contributed by atoms with Gasteiger partial charge in [-0.05, 0) is 58.9 Å². The normalized spacial score (nSPS) is 12.3. The molecule has 2 aromatic carbocycles. The molecule has 3 aromatic rings. The van der Waals surface area contributed by atoms with Crippen molar-refractivity contribution in [3.05, 3.63) is 85.5 Å². The Hall–Kier alpha value is -1.97. The maximum Gasteiger partial charge on any atom is 0.239 e. The highest BCUT2D eigenvalue weighted by molar-refractivity contribution is 9.14. The van der Waals surface area contributed by atoms with Crippen LogP contribution in [0.15, 0.2) is 74.3 Å². The van der Waals surface area contributed by atoms with E-state index in [1.807, 2.05) is 60.7 Å². The van der Waals surface area contributed by atoms with E-state index in [4.69, 9.17) is 0 Å². The number of benzene rings is 2. The highest BCUT2D eigenvalue weighted by Crippen LogP contribution is 2.47. The van der Waals surface area contributed by atoms with Gasteiger partial charge in [-0.3, -0.25) is 14.3 Å². The molecule has 0 aliphatic heterocycles. The molecule has 6 nitrogen and oxygen atoms in total. The highest BCUT2D eigenvalue weighted by atomic mass is 79.9. The second-order valence-electron chi connectivity index (χ2n) is 8.09. The largest absolute Gasteiger partial charge is 0.349 e. The molecule has 33 heavy (non-hydrogen) atoms. The van der Waals surface area contributed by atoms with Gasteiger partial charge in [-0.25, -0.2) is 0 Å². The van der Waals surface area contributed by atoms with E-state index in [1.165, 1.54) is 4.90 Å². The van der Waals surface area contributed by atoms with Crippen LogP contribution in [-0.2, 0) is 15.0 Å². The van der Waals surface area contributed by atoms with Crippen molar-refractivity contribution >= 4 is 59.6 Å². The molecular weight excluding hydrogens is 616 g/mol. The van der Waals surface area contributed by atoms with E-state index in [0.29, 0.717) is 13.7 Å². The molecule has 0 saturated heterocycles. The van der Waals surface area contributed by atoms with Crippen molar-refractivity contribution in [3.63, 3.8) is 0 Å². The first kappa shape index (κ1) is 25.6. The number of hydrogen-bond acceptors (Lipinski definition) is 3. The molecule has 0 N–H and O–H groups in total. The molecule has 9 heteroatoms. The molecule has 0 saturated carbocycles. The summed E-state index contributed by atoms with van der Waals surface area (Å²) in [5, 5.41) is 4.68. The molecular formula is C24H25Br3N4O2. The molecule has 1 heterocycles. The lowest BCUT2D eigenvalue weighted by atomic mass is 9.66. The van der Waals surface area contributed by atoms with Gasteiger partial charge >= 0.3 is 0 Å². The second kappa shape index (κ2) is 10.5. The van der Waals surface area contributed by atoms with Crippen molar-refractivity contribution in [1.82, 2.24) is 19.6 Å². The fraction of sp³-hybridized carbons (Fsp3) is 0.292. The molecule has 0 fully saturated rings. The van der Waals surface area contributed by atoms with E-state index in [0.717, 1.165) is 11.1 Å². The van der Waals surface area contributed by atoms with Crippen LogP contribution in [0.2, 0.25) is 0 Å². The monoisotopic (exact) mass is 638 g/mol. The molecule has 0 aliphatic rings. The summed E-state index contributed by atoms with van der Waals surface area (Å²) in [6, 6.07) is 18.5. The smallest absolute Gasteiger partial charge is 0.239 e. The van der Waals surface area contributed by atoms with Gasteiger partial charge in [0.15, 0.2) is 0 Å². The minimum absolute atomic E-state index is 0.0511. The molecule has 0 spiro atoms. The van der Waals surface area contributed by atoms with Gasteiger partial charge in [0.25, 0.3) is 0 Å². The Balaban J connectivity index is 2.47. The van der Waals surface area contributed by atoms with Crippen LogP contribution in [-0.4, -0.2) is 59.6 Å². The first-order chi connectivity index (χ1) is 15.6. The highest BCUT2D eigenvalue weighted by Gasteiger charge is 2.52. The summed E-state index contributed by atoms with van der Waals surface area (Å²) in [4.78, 5) is 30.5. The number of amides is 2. The maximum absolute atomic E-state index is 14.3. The summed E-state index contributed by atoms with van der Waals surface area (Å²) < 4.78 is 3.63. The van der Waals surface area contributed by atoms with Crippen LogP contribution in [0, 0.1) is 0 Å². The number of carbonyl (C=O) groups excluding carboxylic acids is 2. The maximum atomic E-state index is 14.3. The minimum Gasteiger partial charge on any atom is -0.349 e. The molecule has 2 amide bonds. The molecule has 3 rings (SSSR count). The van der Waals surface area contributed by atoms with Crippen molar-refractivity contribution in [2.24, 2.45) is 0 Å². The van der Waals surface area contributed by atoms with E-state index in [9.17, 15) is 9.59 Å². The minimum atomic E-state index is -1.23. The summed E-state index contributed by atoms with van der Waals surface area (Å²) in [5.74, 6) is -0.261. The third kappa shape index (κ3) is 4.81. The van der Waals surface area contributed by atoms with Crippen LogP contribution in [0.1, 0.15) is 23.6 Å². The van der Waals surface area contributed by atoms with Gasteiger partial charge < -0.3 is 9.80 Å². The summed E-state index contributed by atoms with van der Waals surface area (Å²) in [7, 11) is 6.89. The van der Waals surface area contributed by atoms with Crippen LogP contribution < -0.4 is 0 Å². The van der Waals surface area contributed by atoms with Gasteiger partial charge in [0.1, 0.15) is 14.6 Å². The quantitative estimate of drug-likeness (QED) is 0.354. The number of hydrogen-bond donors (Lipinski definition) is 0. The average molecular weight is 641 g/mol. The summed E-state index contributed by atoms with van der Waals surface area (Å²) in [6.07, 6.45) is 0.0511. The van der Waals surface area contributed by atoms with E-state index in [1.54, 1.807) is 37.8 Å².